The van der Waals surface area contributed by atoms with Crippen molar-refractivity contribution in [2.45, 2.75) is 24.5 Å². The molecule has 14 heteroatoms. The lowest BCUT2D eigenvalue weighted by atomic mass is 10.1. The third kappa shape index (κ3) is 3.75. The second-order valence-corrected chi connectivity index (χ2v) is 6.68. The lowest BCUT2D eigenvalue weighted by molar-refractivity contribution is -0.384. The van der Waals surface area contributed by atoms with Gasteiger partial charge in [-0.2, -0.15) is 5.10 Å². The van der Waals surface area contributed by atoms with Gasteiger partial charge in [0.05, 0.1) is 17.7 Å². The average Bonchev–Trinajstić information content (AvgIpc) is 3.26. The maximum Gasteiger partial charge on any atom is 0.269 e. The quantitative estimate of drug-likeness (QED) is 0.189. The van der Waals surface area contributed by atoms with Crippen molar-refractivity contribution in [1.82, 2.24) is 19.5 Å². The molecule has 1 aromatic carbocycles. The minimum Gasteiger partial charge on any atom is -0.394 e. The number of imidazole rings is 1. The summed E-state index contributed by atoms with van der Waals surface area (Å²) in [5, 5.41) is 44.7. The Labute approximate surface area is 173 Å². The van der Waals surface area contributed by atoms with E-state index in [0.717, 1.165) is 0 Å². The minimum atomic E-state index is -1.38. The number of fused-ring (bicyclic) bond motifs is 1. The predicted molar refractivity (Wildman–Crippen MR) is 107 cm³/mol. The lowest BCUT2D eigenvalue weighted by Crippen LogP contribution is -2.33. The van der Waals surface area contributed by atoms with E-state index in [9.17, 15) is 25.4 Å². The van der Waals surface area contributed by atoms with E-state index in [1.54, 1.807) is 0 Å². The molecule has 0 radical (unpaired) electrons. The molecule has 0 amide bonds. The topological polar surface area (TPSA) is 207 Å². The van der Waals surface area contributed by atoms with Gasteiger partial charge in [0.15, 0.2) is 23.2 Å². The maximum absolute atomic E-state index is 10.7. The smallest absolute Gasteiger partial charge is 0.269 e. The van der Waals surface area contributed by atoms with Gasteiger partial charge >= 0.3 is 0 Å². The molecule has 0 saturated carbocycles. The normalized spacial score (nSPS) is 23.6. The monoisotopic (exact) mass is 430 g/mol. The van der Waals surface area contributed by atoms with Gasteiger partial charge in [-0.05, 0) is 17.7 Å². The van der Waals surface area contributed by atoms with Crippen LogP contribution in [-0.2, 0) is 4.74 Å². The molecule has 162 valence electrons. The minimum absolute atomic E-state index is 0.0506. The number of non-ortho nitro benzene ring substituents is 1. The van der Waals surface area contributed by atoms with Crippen molar-refractivity contribution in [2.24, 2.45) is 5.10 Å². The van der Waals surface area contributed by atoms with E-state index in [-0.39, 0.29) is 28.6 Å². The number of nitro benzene ring substituents is 1. The van der Waals surface area contributed by atoms with E-state index >= 15 is 0 Å². The van der Waals surface area contributed by atoms with E-state index < -0.39 is 36.1 Å². The van der Waals surface area contributed by atoms with E-state index in [1.165, 1.54) is 41.4 Å². The van der Waals surface area contributed by atoms with Crippen LogP contribution in [0.25, 0.3) is 11.2 Å². The van der Waals surface area contributed by atoms with Crippen LogP contribution in [0.1, 0.15) is 11.8 Å². The van der Waals surface area contributed by atoms with Crippen LogP contribution in [0.5, 0.6) is 0 Å². The van der Waals surface area contributed by atoms with Crippen LogP contribution < -0.4 is 11.2 Å². The van der Waals surface area contributed by atoms with Gasteiger partial charge in [-0.1, -0.05) is 0 Å². The molecule has 0 spiro atoms. The number of hydrogen-bond acceptors (Lipinski definition) is 12. The zero-order valence-electron chi connectivity index (χ0n) is 15.8. The molecule has 1 aliphatic heterocycles. The number of rotatable bonds is 6. The Hall–Kier alpha value is -3.72. The molecule has 0 bridgehead atoms. The van der Waals surface area contributed by atoms with Crippen molar-refractivity contribution in [3.63, 3.8) is 0 Å². The molecule has 6 N–H and O–H groups in total. The van der Waals surface area contributed by atoms with Crippen molar-refractivity contribution in [3.05, 3.63) is 46.3 Å². The van der Waals surface area contributed by atoms with Crippen LogP contribution in [0.15, 0.2) is 35.7 Å². The van der Waals surface area contributed by atoms with E-state index in [0.29, 0.717) is 5.56 Å². The number of aromatic nitrogens is 4. The van der Waals surface area contributed by atoms with Gasteiger partial charge < -0.3 is 25.8 Å². The molecule has 31 heavy (non-hydrogen) atoms. The highest BCUT2D eigenvalue weighted by atomic mass is 16.6. The van der Waals surface area contributed by atoms with Crippen LogP contribution in [-0.4, -0.2) is 70.9 Å². The maximum atomic E-state index is 10.7. The summed E-state index contributed by atoms with van der Waals surface area (Å²) in [5.41, 5.74) is 9.52. The number of nitrogens with one attached hydrogen (secondary N) is 1. The summed E-state index contributed by atoms with van der Waals surface area (Å²) in [4.78, 5) is 22.5. The van der Waals surface area contributed by atoms with Gasteiger partial charge in [0, 0.05) is 12.1 Å². The largest absolute Gasteiger partial charge is 0.394 e. The van der Waals surface area contributed by atoms with E-state index in [4.69, 9.17) is 10.5 Å². The number of nitrogens with two attached hydrogens (primary N) is 1. The Balaban J connectivity index is 1.66. The number of nitrogens with zero attached hydrogens (tertiary/aromatic N) is 6. The van der Waals surface area contributed by atoms with Crippen LogP contribution in [0.2, 0.25) is 0 Å². The van der Waals surface area contributed by atoms with E-state index in [2.05, 4.69) is 25.5 Å². The number of aliphatic hydroxyl groups excluding tert-OH is 3. The molecule has 14 nitrogen and oxygen atoms in total. The van der Waals surface area contributed by atoms with Gasteiger partial charge in [-0.25, -0.2) is 20.4 Å². The third-order valence-corrected chi connectivity index (χ3v) is 4.76. The first kappa shape index (κ1) is 20.5. The van der Waals surface area contributed by atoms with Gasteiger partial charge in [-0.3, -0.25) is 14.7 Å². The number of anilines is 2. The average molecular weight is 430 g/mol. The Morgan fingerprint density at radius 2 is 2.03 bits per heavy atom. The molecule has 1 fully saturated rings. The Kier molecular flexibility index (Phi) is 5.43. The number of ether oxygens (including phenoxy) is 1. The van der Waals surface area contributed by atoms with Gasteiger partial charge in [-0.15, -0.1) is 0 Å². The molecule has 4 rings (SSSR count). The predicted octanol–water partition coefficient (Wildman–Crippen LogP) is -0.626. The fourth-order valence-electron chi connectivity index (χ4n) is 3.19. The number of aliphatic hydroxyl groups is 3. The van der Waals surface area contributed by atoms with Crippen LogP contribution in [0, 0.1) is 10.1 Å². The number of benzene rings is 1. The Morgan fingerprint density at radius 1 is 1.29 bits per heavy atom. The summed E-state index contributed by atoms with van der Waals surface area (Å²) in [5.74, 6) is 0.160. The zero-order chi connectivity index (χ0) is 22.1. The highest BCUT2D eigenvalue weighted by Crippen LogP contribution is 2.35. The molecular weight excluding hydrogens is 412 g/mol. The summed E-state index contributed by atoms with van der Waals surface area (Å²) in [6.45, 7) is -0.500. The van der Waals surface area contributed by atoms with Gasteiger partial charge in [0.1, 0.15) is 24.6 Å². The number of hydrazone groups is 1. The first-order valence-electron chi connectivity index (χ1n) is 9.05. The van der Waals surface area contributed by atoms with Crippen LogP contribution in [0.3, 0.4) is 0 Å². The molecule has 3 aromatic rings. The SMILES string of the molecule is Nc1ncnc2c1nc(N/N=C/c1ccc([N+](=O)[O-])cc1)n2C1OC(CO)C(O)C1O. The standard InChI is InChI=1S/C17H18N8O6/c18-14-11-15(20-7-19-14)24(16-13(28)12(27)10(6-26)31-16)17(22-11)23-21-5-8-1-3-9(4-2-8)25(29)30/h1-5,7,10,12-13,16,26-28H,6H2,(H,22,23)(H2,18,19,20)/b21-5+. The molecule has 4 atom stereocenters. The van der Waals surface area contributed by atoms with Gasteiger partial charge in [0.25, 0.3) is 5.69 Å². The third-order valence-electron chi connectivity index (χ3n) is 4.76. The summed E-state index contributed by atoms with van der Waals surface area (Å²) in [7, 11) is 0. The number of hydrogen-bond donors (Lipinski definition) is 5. The van der Waals surface area contributed by atoms with Crippen molar-refractivity contribution in [1.29, 1.82) is 0 Å². The lowest BCUT2D eigenvalue weighted by Gasteiger charge is -2.18. The molecule has 1 saturated heterocycles. The fraction of sp³-hybridized carbons (Fsp3) is 0.294. The highest BCUT2D eigenvalue weighted by molar-refractivity contribution is 5.84. The second-order valence-electron chi connectivity index (χ2n) is 6.68. The van der Waals surface area contributed by atoms with Gasteiger partial charge in [0.2, 0.25) is 5.95 Å². The van der Waals surface area contributed by atoms with E-state index in [1.807, 2.05) is 0 Å². The molecule has 1 aliphatic rings. The van der Waals surface area contributed by atoms with Crippen molar-refractivity contribution in [3.8, 4) is 0 Å². The molecule has 2 aromatic heterocycles. The van der Waals surface area contributed by atoms with Crippen LogP contribution >= 0.6 is 0 Å². The first-order chi connectivity index (χ1) is 14.9. The summed E-state index contributed by atoms with van der Waals surface area (Å²) in [6.07, 6.45) is -2.24. The second kappa shape index (κ2) is 8.19. The fourth-order valence-corrected chi connectivity index (χ4v) is 3.19. The highest BCUT2D eigenvalue weighted by Gasteiger charge is 2.45. The Morgan fingerprint density at radius 3 is 2.68 bits per heavy atom. The number of nitro groups is 1. The summed E-state index contributed by atoms with van der Waals surface area (Å²) < 4.78 is 6.94. The number of nitrogen functional groups attached to an aromatic ring is 1. The zero-order valence-corrected chi connectivity index (χ0v) is 15.8. The summed E-state index contributed by atoms with van der Waals surface area (Å²) in [6, 6.07) is 5.71. The molecule has 4 unspecified atom stereocenters. The molecule has 3 heterocycles. The van der Waals surface area contributed by atoms with Crippen molar-refractivity contribution >= 4 is 34.8 Å². The van der Waals surface area contributed by atoms with Crippen molar-refractivity contribution < 1.29 is 25.0 Å². The first-order valence-corrected chi connectivity index (χ1v) is 9.05. The van der Waals surface area contributed by atoms with Crippen molar-refractivity contribution in [2.75, 3.05) is 17.8 Å². The summed E-state index contributed by atoms with van der Waals surface area (Å²) >= 11 is 0. The molecule has 0 aliphatic carbocycles. The molecular formula is C17H18N8O6. The Bertz CT molecular complexity index is 1130. The van der Waals surface area contributed by atoms with Crippen LogP contribution in [0.4, 0.5) is 17.5 Å².